The molecular formula is C23H20N4O7. The molecule has 11 nitrogen and oxygen atoms in total. The predicted molar refractivity (Wildman–Crippen MR) is 117 cm³/mol. The summed E-state index contributed by atoms with van der Waals surface area (Å²) < 4.78 is 17.6. The van der Waals surface area contributed by atoms with E-state index in [2.05, 4.69) is 5.32 Å². The highest BCUT2D eigenvalue weighted by atomic mass is 16.7. The van der Waals surface area contributed by atoms with Crippen LogP contribution in [0.1, 0.15) is 28.4 Å². The molecule has 4 N–H and O–H groups in total. The van der Waals surface area contributed by atoms with Crippen LogP contribution in [0.25, 0.3) is 22.3 Å². The van der Waals surface area contributed by atoms with Crippen LogP contribution >= 0.6 is 0 Å². The van der Waals surface area contributed by atoms with Gasteiger partial charge in [-0.25, -0.2) is 9.78 Å². The van der Waals surface area contributed by atoms with Crippen molar-refractivity contribution in [2.75, 3.05) is 13.3 Å². The van der Waals surface area contributed by atoms with Crippen LogP contribution in [0, 0.1) is 0 Å². The van der Waals surface area contributed by atoms with Gasteiger partial charge in [0.05, 0.1) is 29.0 Å². The van der Waals surface area contributed by atoms with Gasteiger partial charge in [-0.3, -0.25) is 9.59 Å². The number of hydrogen-bond acceptors (Lipinski definition) is 9. The number of ether oxygens (including phenoxy) is 3. The summed E-state index contributed by atoms with van der Waals surface area (Å²) in [6.45, 7) is 0.357. The van der Waals surface area contributed by atoms with Gasteiger partial charge >= 0.3 is 5.97 Å². The van der Waals surface area contributed by atoms with Gasteiger partial charge in [-0.1, -0.05) is 0 Å². The predicted octanol–water partition coefficient (Wildman–Crippen LogP) is 0.0134. The van der Waals surface area contributed by atoms with Crippen molar-refractivity contribution in [1.82, 2.24) is 14.9 Å². The second kappa shape index (κ2) is 7.54. The van der Waals surface area contributed by atoms with Crippen molar-refractivity contribution in [3.05, 3.63) is 50.8 Å². The number of rotatable bonds is 3. The monoisotopic (exact) mass is 464 g/mol. The number of amides is 1. The largest absolute Gasteiger partial charge is 0.458 e. The average molecular weight is 464 g/mol. The number of nitrogens with one attached hydrogen (secondary N) is 1. The molecule has 2 aromatic heterocycles. The number of benzene rings is 1. The number of nitrogens with two attached hydrogens (primary N) is 1. The number of aliphatic hydroxyl groups excluding tert-OH is 1. The van der Waals surface area contributed by atoms with Crippen LogP contribution in [-0.2, 0) is 40.4 Å². The quantitative estimate of drug-likeness (QED) is 0.455. The van der Waals surface area contributed by atoms with Crippen LogP contribution in [0.5, 0.6) is 11.5 Å². The van der Waals surface area contributed by atoms with E-state index in [1.54, 1.807) is 16.7 Å². The molecule has 0 aliphatic carbocycles. The maximum absolute atomic E-state index is 13.2. The maximum Gasteiger partial charge on any atom is 0.340 e. The standard InChI is InChI=1S/C23H20N4O7/c24-6-19(28)25-7-13-10-1-2-27-16(3-12-14(22(27)30)8-32-23(31)21(12)29)20(10)26-15-5-18-17(4-11(13)15)33-9-34-18/h3-5,21,29H,1-2,6-9,24H2,(H,25,28). The van der Waals surface area contributed by atoms with Gasteiger partial charge in [-0.05, 0) is 29.7 Å². The number of fused-ring (bicyclic) bond motifs is 6. The highest BCUT2D eigenvalue weighted by Crippen LogP contribution is 2.41. The number of nitrogens with zero attached hydrogens (tertiary/aromatic N) is 2. The maximum atomic E-state index is 13.2. The molecule has 6 rings (SSSR count). The first-order chi connectivity index (χ1) is 16.5. The van der Waals surface area contributed by atoms with Crippen LogP contribution < -0.4 is 26.1 Å². The van der Waals surface area contributed by atoms with Gasteiger partial charge in [-0.15, -0.1) is 0 Å². The van der Waals surface area contributed by atoms with E-state index < -0.39 is 12.1 Å². The smallest absolute Gasteiger partial charge is 0.340 e. The summed E-state index contributed by atoms with van der Waals surface area (Å²) >= 11 is 0. The lowest BCUT2D eigenvalue weighted by Crippen LogP contribution is -2.36. The molecule has 3 aromatic rings. The number of pyridine rings is 2. The number of carbonyl (C=O) groups excluding carboxylic acids is 2. The molecule has 0 saturated carbocycles. The summed E-state index contributed by atoms with van der Waals surface area (Å²) in [5.41, 5.74) is 8.95. The summed E-state index contributed by atoms with van der Waals surface area (Å²) in [7, 11) is 0. The van der Waals surface area contributed by atoms with Gasteiger partial charge in [0, 0.05) is 30.1 Å². The molecule has 0 bridgehead atoms. The Bertz CT molecular complexity index is 1460. The summed E-state index contributed by atoms with van der Waals surface area (Å²) in [5, 5.41) is 14.0. The van der Waals surface area contributed by atoms with E-state index in [-0.39, 0.29) is 49.1 Å². The van der Waals surface area contributed by atoms with Gasteiger partial charge in [0.15, 0.2) is 17.6 Å². The van der Waals surface area contributed by atoms with Gasteiger partial charge in [0.25, 0.3) is 5.56 Å². The first-order valence-corrected chi connectivity index (χ1v) is 10.8. The molecule has 0 fully saturated rings. The normalized spacial score (nSPS) is 17.6. The fourth-order valence-electron chi connectivity index (χ4n) is 4.79. The number of esters is 1. The lowest BCUT2D eigenvalue weighted by molar-refractivity contribution is -0.157. The van der Waals surface area contributed by atoms with Crippen molar-refractivity contribution in [3.63, 3.8) is 0 Å². The van der Waals surface area contributed by atoms with Crippen molar-refractivity contribution in [2.45, 2.75) is 32.2 Å². The Hall–Kier alpha value is -3.96. The number of carbonyl (C=O) groups is 2. The SMILES string of the molecule is NCC(=O)NCc1c2c(nc3cc4c(cc13)OCO4)-c1cc3c(c(=O)n1CC2)COC(=O)C3O. The van der Waals surface area contributed by atoms with Crippen molar-refractivity contribution in [3.8, 4) is 22.9 Å². The topological polar surface area (TPSA) is 155 Å². The molecular weight excluding hydrogens is 444 g/mol. The third kappa shape index (κ3) is 2.97. The molecule has 1 unspecified atom stereocenters. The fraction of sp³-hybridized carbons (Fsp3) is 0.304. The van der Waals surface area contributed by atoms with Crippen molar-refractivity contribution >= 4 is 22.8 Å². The number of aromatic nitrogens is 2. The lowest BCUT2D eigenvalue weighted by Gasteiger charge is -2.28. The Morgan fingerprint density at radius 1 is 1.18 bits per heavy atom. The average Bonchev–Trinajstić information content (AvgIpc) is 3.30. The van der Waals surface area contributed by atoms with E-state index in [4.69, 9.17) is 24.9 Å². The molecule has 0 radical (unpaired) electrons. The Balaban J connectivity index is 1.60. The summed E-state index contributed by atoms with van der Waals surface area (Å²) in [6, 6.07) is 5.23. The van der Waals surface area contributed by atoms with Gasteiger partial charge < -0.3 is 34.9 Å². The van der Waals surface area contributed by atoms with E-state index in [0.29, 0.717) is 41.4 Å². The zero-order valence-corrected chi connectivity index (χ0v) is 17.9. The van der Waals surface area contributed by atoms with Crippen molar-refractivity contribution in [1.29, 1.82) is 0 Å². The first kappa shape index (κ1) is 20.6. The van der Waals surface area contributed by atoms with Crippen LogP contribution in [0.4, 0.5) is 0 Å². The third-order valence-electron chi connectivity index (χ3n) is 6.49. The molecule has 34 heavy (non-hydrogen) atoms. The molecule has 0 spiro atoms. The molecule has 1 atom stereocenters. The molecule has 1 aromatic carbocycles. The van der Waals surface area contributed by atoms with Gasteiger partial charge in [0.1, 0.15) is 6.61 Å². The number of cyclic esters (lactones) is 1. The number of hydrogen-bond donors (Lipinski definition) is 3. The Morgan fingerprint density at radius 3 is 2.76 bits per heavy atom. The molecule has 1 amide bonds. The second-order valence-corrected chi connectivity index (χ2v) is 8.30. The van der Waals surface area contributed by atoms with Gasteiger partial charge in [0.2, 0.25) is 12.7 Å². The Kier molecular flexibility index (Phi) is 4.57. The zero-order chi connectivity index (χ0) is 23.6. The van der Waals surface area contributed by atoms with E-state index in [1.165, 1.54) is 0 Å². The van der Waals surface area contributed by atoms with Gasteiger partial charge in [-0.2, -0.15) is 0 Å². The van der Waals surface area contributed by atoms with Crippen LogP contribution in [0.2, 0.25) is 0 Å². The van der Waals surface area contributed by atoms with E-state index in [9.17, 15) is 19.5 Å². The van der Waals surface area contributed by atoms with E-state index in [1.807, 2.05) is 6.07 Å². The minimum absolute atomic E-state index is 0.100. The summed E-state index contributed by atoms with van der Waals surface area (Å²) in [4.78, 5) is 41.9. The molecule has 174 valence electrons. The van der Waals surface area contributed by atoms with Crippen LogP contribution in [-0.4, -0.2) is 39.9 Å². The molecule has 5 heterocycles. The van der Waals surface area contributed by atoms with Crippen molar-refractivity contribution < 1.29 is 28.9 Å². The highest BCUT2D eigenvalue weighted by Gasteiger charge is 2.33. The van der Waals surface area contributed by atoms with E-state index in [0.717, 1.165) is 16.5 Å². The summed E-state index contributed by atoms with van der Waals surface area (Å²) in [5.74, 6) is 0.0392. The zero-order valence-electron chi connectivity index (χ0n) is 17.9. The molecule has 3 aliphatic rings. The highest BCUT2D eigenvalue weighted by molar-refractivity contribution is 5.91. The molecule has 3 aliphatic heterocycles. The van der Waals surface area contributed by atoms with E-state index >= 15 is 0 Å². The molecule has 11 heteroatoms. The number of aliphatic hydroxyl groups is 1. The van der Waals surface area contributed by atoms with Crippen LogP contribution in [0.15, 0.2) is 23.0 Å². The molecule has 0 saturated heterocycles. The minimum Gasteiger partial charge on any atom is -0.458 e. The third-order valence-corrected chi connectivity index (χ3v) is 6.49. The summed E-state index contributed by atoms with van der Waals surface area (Å²) in [6.07, 6.45) is -1.04. The van der Waals surface area contributed by atoms with Crippen molar-refractivity contribution in [2.24, 2.45) is 5.73 Å². The fourth-order valence-corrected chi connectivity index (χ4v) is 4.79. The second-order valence-electron chi connectivity index (χ2n) is 8.30. The first-order valence-electron chi connectivity index (χ1n) is 10.8. The van der Waals surface area contributed by atoms with Crippen LogP contribution in [0.3, 0.4) is 0 Å². The minimum atomic E-state index is -1.54. The lowest BCUT2D eigenvalue weighted by atomic mass is 9.91. The Labute approximate surface area is 192 Å². The Morgan fingerprint density at radius 2 is 1.97 bits per heavy atom.